The van der Waals surface area contributed by atoms with Gasteiger partial charge in [-0.3, -0.25) is 9.59 Å². The fourth-order valence-corrected chi connectivity index (χ4v) is 2.47. The van der Waals surface area contributed by atoms with Gasteiger partial charge in [-0.2, -0.15) is 0 Å². The Kier molecular flexibility index (Phi) is 6.84. The van der Waals surface area contributed by atoms with Crippen LogP contribution in [0.5, 0.6) is 0 Å². The summed E-state index contributed by atoms with van der Waals surface area (Å²) in [6.45, 7) is 5.11. The van der Waals surface area contributed by atoms with Gasteiger partial charge < -0.3 is 15.2 Å². The number of rotatable bonds is 7. The molecule has 1 rings (SSSR count). The third-order valence-electron chi connectivity index (χ3n) is 3.49. The van der Waals surface area contributed by atoms with E-state index in [1.165, 1.54) is 0 Å². The first-order valence-electron chi connectivity index (χ1n) is 7.14. The maximum Gasteiger partial charge on any atom is 0.307 e. The van der Waals surface area contributed by atoms with E-state index in [1.807, 2.05) is 13.8 Å². The molecule has 5 heteroatoms. The SMILES string of the molecule is CC(C)OCCCNC(=O)[C@H]1CCCC[C@H]1C(=O)O. The summed E-state index contributed by atoms with van der Waals surface area (Å²) < 4.78 is 5.38. The molecule has 1 aliphatic carbocycles. The van der Waals surface area contributed by atoms with Crippen LogP contribution in [0.15, 0.2) is 0 Å². The van der Waals surface area contributed by atoms with Gasteiger partial charge in [0, 0.05) is 13.2 Å². The molecule has 0 heterocycles. The molecule has 0 aromatic carbocycles. The molecule has 1 aliphatic rings. The minimum atomic E-state index is -0.844. The molecule has 0 saturated heterocycles. The van der Waals surface area contributed by atoms with Gasteiger partial charge in [0.15, 0.2) is 0 Å². The Morgan fingerprint density at radius 1 is 1.26 bits per heavy atom. The average Bonchev–Trinajstić information content (AvgIpc) is 2.37. The molecule has 0 bridgehead atoms. The van der Waals surface area contributed by atoms with E-state index in [9.17, 15) is 9.59 Å². The molecule has 0 radical (unpaired) electrons. The van der Waals surface area contributed by atoms with Crippen LogP contribution in [-0.2, 0) is 14.3 Å². The molecule has 110 valence electrons. The second-order valence-electron chi connectivity index (χ2n) is 5.40. The highest BCUT2D eigenvalue weighted by Crippen LogP contribution is 2.30. The number of amides is 1. The van der Waals surface area contributed by atoms with Crippen molar-refractivity contribution < 1.29 is 19.4 Å². The summed E-state index contributed by atoms with van der Waals surface area (Å²) in [5.41, 5.74) is 0. The summed E-state index contributed by atoms with van der Waals surface area (Å²) in [7, 11) is 0. The lowest BCUT2D eigenvalue weighted by atomic mass is 9.79. The summed E-state index contributed by atoms with van der Waals surface area (Å²) >= 11 is 0. The Morgan fingerprint density at radius 2 is 1.89 bits per heavy atom. The van der Waals surface area contributed by atoms with E-state index < -0.39 is 11.9 Å². The van der Waals surface area contributed by atoms with Gasteiger partial charge in [0.2, 0.25) is 5.91 Å². The molecule has 5 nitrogen and oxygen atoms in total. The first kappa shape index (κ1) is 16.0. The minimum absolute atomic E-state index is 0.114. The topological polar surface area (TPSA) is 75.6 Å². The monoisotopic (exact) mass is 271 g/mol. The lowest BCUT2D eigenvalue weighted by Crippen LogP contribution is -2.40. The van der Waals surface area contributed by atoms with Crippen LogP contribution in [0.4, 0.5) is 0 Å². The first-order chi connectivity index (χ1) is 9.02. The van der Waals surface area contributed by atoms with Crippen LogP contribution in [-0.4, -0.2) is 36.2 Å². The third kappa shape index (κ3) is 5.59. The molecule has 1 amide bonds. The fraction of sp³-hybridized carbons (Fsp3) is 0.857. The van der Waals surface area contributed by atoms with Gasteiger partial charge in [-0.05, 0) is 33.1 Å². The molecule has 2 N–H and O–H groups in total. The fourth-order valence-electron chi connectivity index (χ4n) is 2.47. The zero-order valence-corrected chi connectivity index (χ0v) is 11.9. The molecule has 1 saturated carbocycles. The van der Waals surface area contributed by atoms with Crippen molar-refractivity contribution >= 4 is 11.9 Å². The van der Waals surface area contributed by atoms with Crippen molar-refractivity contribution in [1.29, 1.82) is 0 Å². The molecule has 2 atom stereocenters. The second kappa shape index (κ2) is 8.15. The van der Waals surface area contributed by atoms with Gasteiger partial charge in [0.1, 0.15) is 0 Å². The molecule has 0 aromatic heterocycles. The lowest BCUT2D eigenvalue weighted by Gasteiger charge is -2.27. The highest BCUT2D eigenvalue weighted by atomic mass is 16.5. The van der Waals surface area contributed by atoms with Crippen LogP contribution >= 0.6 is 0 Å². The zero-order valence-electron chi connectivity index (χ0n) is 11.9. The number of carbonyl (C=O) groups is 2. The predicted octanol–water partition coefficient (Wildman–Crippen LogP) is 1.81. The largest absolute Gasteiger partial charge is 0.481 e. The lowest BCUT2D eigenvalue weighted by molar-refractivity contribution is -0.148. The van der Waals surface area contributed by atoms with E-state index in [2.05, 4.69) is 5.32 Å². The van der Waals surface area contributed by atoms with Crippen molar-refractivity contribution in [3.05, 3.63) is 0 Å². The van der Waals surface area contributed by atoms with Crippen molar-refractivity contribution in [2.24, 2.45) is 11.8 Å². The number of ether oxygens (including phenoxy) is 1. The summed E-state index contributed by atoms with van der Waals surface area (Å²) in [6.07, 6.45) is 4.11. The Balaban J connectivity index is 2.29. The quantitative estimate of drug-likeness (QED) is 0.692. The van der Waals surface area contributed by atoms with E-state index in [1.54, 1.807) is 0 Å². The average molecular weight is 271 g/mol. The van der Waals surface area contributed by atoms with Crippen LogP contribution in [0.25, 0.3) is 0 Å². The van der Waals surface area contributed by atoms with Crippen molar-refractivity contribution in [3.8, 4) is 0 Å². The number of carboxylic acids is 1. The van der Waals surface area contributed by atoms with E-state index in [0.717, 1.165) is 19.3 Å². The number of hydrogen-bond acceptors (Lipinski definition) is 3. The molecule has 1 fully saturated rings. The Bertz CT molecular complexity index is 304. The second-order valence-corrected chi connectivity index (χ2v) is 5.40. The van der Waals surface area contributed by atoms with Crippen LogP contribution in [0.1, 0.15) is 46.0 Å². The van der Waals surface area contributed by atoms with E-state index in [-0.39, 0.29) is 17.9 Å². The van der Waals surface area contributed by atoms with Crippen LogP contribution < -0.4 is 5.32 Å². The molecular formula is C14H25NO4. The number of carboxylic acid groups (broad SMARTS) is 1. The molecule has 0 unspecified atom stereocenters. The maximum atomic E-state index is 12.0. The standard InChI is InChI=1S/C14H25NO4/c1-10(2)19-9-5-8-15-13(16)11-6-3-4-7-12(11)14(17)18/h10-12H,3-9H2,1-2H3,(H,15,16)(H,17,18)/t11-,12+/m0/s1. The smallest absolute Gasteiger partial charge is 0.307 e. The highest BCUT2D eigenvalue weighted by Gasteiger charge is 2.35. The van der Waals surface area contributed by atoms with E-state index in [4.69, 9.17) is 9.84 Å². The van der Waals surface area contributed by atoms with Gasteiger partial charge in [-0.1, -0.05) is 12.8 Å². The predicted molar refractivity (Wildman–Crippen MR) is 71.8 cm³/mol. The van der Waals surface area contributed by atoms with Crippen molar-refractivity contribution in [2.75, 3.05) is 13.2 Å². The van der Waals surface area contributed by atoms with Crippen LogP contribution in [0.3, 0.4) is 0 Å². The number of aliphatic carboxylic acids is 1. The molecular weight excluding hydrogens is 246 g/mol. The molecule has 0 aromatic rings. The van der Waals surface area contributed by atoms with Gasteiger partial charge in [-0.15, -0.1) is 0 Å². The van der Waals surface area contributed by atoms with Crippen molar-refractivity contribution in [1.82, 2.24) is 5.32 Å². The number of hydrogen-bond donors (Lipinski definition) is 2. The Morgan fingerprint density at radius 3 is 2.47 bits per heavy atom. The van der Waals surface area contributed by atoms with Gasteiger partial charge in [0.05, 0.1) is 17.9 Å². The van der Waals surface area contributed by atoms with Gasteiger partial charge in [-0.25, -0.2) is 0 Å². The van der Waals surface area contributed by atoms with E-state index >= 15 is 0 Å². The molecule has 19 heavy (non-hydrogen) atoms. The van der Waals surface area contributed by atoms with Crippen LogP contribution in [0, 0.1) is 11.8 Å². The maximum absolute atomic E-state index is 12.0. The van der Waals surface area contributed by atoms with Crippen molar-refractivity contribution in [3.63, 3.8) is 0 Å². The Labute approximate surface area is 114 Å². The molecule has 0 aliphatic heterocycles. The highest BCUT2D eigenvalue weighted by molar-refractivity contribution is 5.84. The molecule has 0 spiro atoms. The zero-order chi connectivity index (χ0) is 14.3. The normalized spacial score (nSPS) is 23.3. The van der Waals surface area contributed by atoms with Crippen molar-refractivity contribution in [2.45, 2.75) is 52.1 Å². The first-order valence-corrected chi connectivity index (χ1v) is 7.14. The number of carbonyl (C=O) groups excluding carboxylic acids is 1. The summed E-state index contributed by atoms with van der Waals surface area (Å²) in [6, 6.07) is 0. The number of nitrogens with one attached hydrogen (secondary N) is 1. The third-order valence-corrected chi connectivity index (χ3v) is 3.49. The van der Waals surface area contributed by atoms with Gasteiger partial charge >= 0.3 is 5.97 Å². The Hall–Kier alpha value is -1.10. The minimum Gasteiger partial charge on any atom is -0.481 e. The van der Waals surface area contributed by atoms with E-state index in [0.29, 0.717) is 26.0 Å². The summed E-state index contributed by atoms with van der Waals surface area (Å²) in [5, 5.41) is 12.0. The summed E-state index contributed by atoms with van der Waals surface area (Å²) in [4.78, 5) is 23.1. The van der Waals surface area contributed by atoms with Crippen LogP contribution in [0.2, 0.25) is 0 Å². The summed E-state index contributed by atoms with van der Waals surface area (Å²) in [5.74, 6) is -1.84. The van der Waals surface area contributed by atoms with Gasteiger partial charge in [0.25, 0.3) is 0 Å².